The summed E-state index contributed by atoms with van der Waals surface area (Å²) in [5.74, 6) is 0.750. The van der Waals surface area contributed by atoms with E-state index >= 15 is 0 Å². The largest absolute Gasteiger partial charge is 0.495 e. The number of halogens is 2. The highest BCUT2D eigenvalue weighted by Crippen LogP contribution is 2.32. The molecular weight excluding hydrogens is 707 g/mol. The number of likely N-dealkylation sites (tertiary alicyclic amines) is 1. The molecule has 0 aliphatic carbocycles. The van der Waals surface area contributed by atoms with E-state index < -0.39 is 0 Å². The lowest BCUT2D eigenvalue weighted by Crippen LogP contribution is -2.48. The number of para-hydroxylation sites is 1. The van der Waals surface area contributed by atoms with Crippen LogP contribution in [0.25, 0.3) is 0 Å². The molecule has 4 rings (SSSR count). The molecule has 0 unspecified atom stereocenters. The van der Waals surface area contributed by atoms with Crippen LogP contribution in [0.5, 0.6) is 17.2 Å². The number of urea groups is 1. The van der Waals surface area contributed by atoms with Crippen LogP contribution in [0.4, 0.5) is 16.2 Å². The Balaban J connectivity index is 0.00000468. The first-order valence-electron chi connectivity index (χ1n) is 17.2. The molecule has 0 saturated carbocycles. The van der Waals surface area contributed by atoms with Crippen LogP contribution >= 0.6 is 24.8 Å². The van der Waals surface area contributed by atoms with Gasteiger partial charge in [0.05, 0.1) is 37.3 Å². The fraction of sp³-hybridized carbons (Fsp3) is 0.447. The van der Waals surface area contributed by atoms with E-state index in [9.17, 15) is 14.4 Å². The summed E-state index contributed by atoms with van der Waals surface area (Å²) in [6.45, 7) is 5.41. The molecule has 1 aliphatic rings. The summed E-state index contributed by atoms with van der Waals surface area (Å²) in [5, 5.41) is 5.91. The topological polar surface area (TPSA) is 139 Å². The summed E-state index contributed by atoms with van der Waals surface area (Å²) in [7, 11) is 7.35. The molecule has 1 saturated heterocycles. The number of unbranched alkanes of at least 4 members (excludes halogenated alkanes) is 1. The third-order valence-electron chi connectivity index (χ3n) is 8.80. The number of nitrogens with one attached hydrogen (secondary N) is 2. The minimum absolute atomic E-state index is 0. The number of piperidine rings is 1. The molecular formula is C38H54Cl2N6O6. The molecule has 1 fully saturated rings. The smallest absolute Gasteiger partial charge is 0.317 e. The number of nitrogens with zero attached hydrogens (tertiary/aromatic N) is 3. The lowest BCUT2D eigenvalue weighted by Gasteiger charge is -2.35. The molecule has 0 spiro atoms. The van der Waals surface area contributed by atoms with Crippen molar-refractivity contribution < 1.29 is 28.6 Å². The van der Waals surface area contributed by atoms with Crippen molar-refractivity contribution in [2.24, 2.45) is 5.73 Å². The fourth-order valence-electron chi connectivity index (χ4n) is 5.78. The molecule has 4 N–H and O–H groups in total. The number of methoxy groups -OCH3 is 1. The van der Waals surface area contributed by atoms with Gasteiger partial charge in [0.2, 0.25) is 0 Å². The minimum atomic E-state index is -0.369. The van der Waals surface area contributed by atoms with Crippen molar-refractivity contribution in [3.8, 4) is 17.2 Å². The van der Waals surface area contributed by atoms with Crippen LogP contribution in [0.15, 0.2) is 60.7 Å². The van der Waals surface area contributed by atoms with Crippen LogP contribution in [-0.2, 0) is 0 Å². The zero-order chi connectivity index (χ0) is 36.0. The van der Waals surface area contributed by atoms with Gasteiger partial charge in [-0.05, 0) is 108 Å². The maximum absolute atomic E-state index is 13.7. The molecule has 0 aromatic heterocycles. The molecule has 14 heteroatoms. The molecule has 286 valence electrons. The van der Waals surface area contributed by atoms with Gasteiger partial charge in [0, 0.05) is 38.3 Å². The Kier molecular flexibility index (Phi) is 18.6. The number of nitrogens with two attached hydrogens (primary N) is 1. The predicted octanol–water partition coefficient (Wildman–Crippen LogP) is 6.00. The highest BCUT2D eigenvalue weighted by atomic mass is 35.5. The van der Waals surface area contributed by atoms with Crippen LogP contribution < -0.4 is 35.5 Å². The van der Waals surface area contributed by atoms with Crippen LogP contribution in [0.1, 0.15) is 58.4 Å². The predicted molar refractivity (Wildman–Crippen MR) is 211 cm³/mol. The summed E-state index contributed by atoms with van der Waals surface area (Å²) in [6.07, 6.45) is 4.16. The van der Waals surface area contributed by atoms with Crippen molar-refractivity contribution in [3.63, 3.8) is 0 Å². The van der Waals surface area contributed by atoms with E-state index in [1.807, 2.05) is 30.0 Å². The monoisotopic (exact) mass is 760 g/mol. The van der Waals surface area contributed by atoms with Gasteiger partial charge < -0.3 is 45.3 Å². The number of aryl methyl sites for hydroxylation is 1. The van der Waals surface area contributed by atoms with Crippen molar-refractivity contribution >= 4 is 54.0 Å². The number of anilines is 2. The quantitative estimate of drug-likeness (QED) is 0.151. The van der Waals surface area contributed by atoms with Gasteiger partial charge in [0.15, 0.2) is 0 Å². The van der Waals surface area contributed by atoms with E-state index in [1.165, 1.54) is 12.0 Å². The Bertz CT molecular complexity index is 1600. The molecule has 1 heterocycles. The summed E-state index contributed by atoms with van der Waals surface area (Å²) in [5.41, 5.74) is 8.36. The van der Waals surface area contributed by atoms with Crippen LogP contribution in [0.3, 0.4) is 0 Å². The first-order chi connectivity index (χ1) is 24.1. The van der Waals surface area contributed by atoms with Gasteiger partial charge >= 0.3 is 6.03 Å². The Morgan fingerprint density at radius 3 is 2.25 bits per heavy atom. The maximum Gasteiger partial charge on any atom is 0.317 e. The van der Waals surface area contributed by atoms with E-state index in [-0.39, 0.29) is 42.7 Å². The lowest BCUT2D eigenvalue weighted by atomic mass is 10.0. The average Bonchev–Trinajstić information content (AvgIpc) is 3.12. The van der Waals surface area contributed by atoms with Crippen molar-refractivity contribution in [3.05, 3.63) is 77.4 Å². The molecule has 0 radical (unpaired) electrons. The molecule has 3 aromatic rings. The summed E-state index contributed by atoms with van der Waals surface area (Å²) in [4.78, 5) is 45.1. The normalized spacial score (nSPS) is 12.6. The highest BCUT2D eigenvalue weighted by molar-refractivity contribution is 6.09. The van der Waals surface area contributed by atoms with Crippen LogP contribution in [-0.4, -0.2) is 101 Å². The second-order valence-corrected chi connectivity index (χ2v) is 12.7. The van der Waals surface area contributed by atoms with Crippen molar-refractivity contribution in [1.29, 1.82) is 0 Å². The zero-order valence-electron chi connectivity index (χ0n) is 30.8. The Labute approximate surface area is 320 Å². The van der Waals surface area contributed by atoms with Gasteiger partial charge in [0.1, 0.15) is 17.2 Å². The van der Waals surface area contributed by atoms with Gasteiger partial charge in [-0.1, -0.05) is 18.2 Å². The summed E-state index contributed by atoms with van der Waals surface area (Å²) in [6, 6.07) is 18.1. The zero-order valence-corrected chi connectivity index (χ0v) is 32.4. The molecule has 0 atom stereocenters. The number of carbonyl (C=O) groups is 3. The number of rotatable bonds is 16. The number of amides is 4. The fourth-order valence-corrected chi connectivity index (χ4v) is 5.78. The van der Waals surface area contributed by atoms with Gasteiger partial charge in [-0.2, -0.15) is 0 Å². The maximum atomic E-state index is 13.7. The average molecular weight is 762 g/mol. The van der Waals surface area contributed by atoms with E-state index in [0.29, 0.717) is 78.5 Å². The van der Waals surface area contributed by atoms with Gasteiger partial charge in [-0.25, -0.2) is 4.79 Å². The first-order valence-corrected chi connectivity index (χ1v) is 17.2. The second kappa shape index (κ2) is 22.0. The molecule has 3 aromatic carbocycles. The number of carbonyl (C=O) groups excluding carboxylic acids is 3. The van der Waals surface area contributed by atoms with Crippen molar-refractivity contribution in [2.75, 3.05) is 77.9 Å². The second-order valence-electron chi connectivity index (χ2n) is 12.7. The molecule has 0 bridgehead atoms. The van der Waals surface area contributed by atoms with Crippen LogP contribution in [0.2, 0.25) is 0 Å². The molecule has 1 aliphatic heterocycles. The standard InChI is InChI=1S/C38H52N6O6.2ClH/c1-27-13-16-32(35(25-27)50-23-9-8-20-40-38(47)44-21-17-29(18-22-44)42(2)3)43(4)37(46)28-14-15-31(34(26-28)48-5)41-36(45)30-11-6-7-12-33(30)49-24-10-19-39;;/h6-7,11-16,25-26,29H,8-10,17-24,39H2,1-5H3,(H,40,47)(H,41,45);2*1H. The lowest BCUT2D eigenvalue weighted by molar-refractivity contribution is 0.0990. The third kappa shape index (κ3) is 12.2. The minimum Gasteiger partial charge on any atom is -0.495 e. The number of hydrogen-bond acceptors (Lipinski definition) is 8. The molecule has 52 heavy (non-hydrogen) atoms. The Hall–Kier alpha value is -4.23. The number of hydrogen-bond donors (Lipinski definition) is 3. The van der Waals surface area contributed by atoms with E-state index in [1.54, 1.807) is 49.5 Å². The van der Waals surface area contributed by atoms with Crippen LogP contribution in [0, 0.1) is 6.92 Å². The molecule has 12 nitrogen and oxygen atoms in total. The highest BCUT2D eigenvalue weighted by Gasteiger charge is 2.24. The third-order valence-corrected chi connectivity index (χ3v) is 8.80. The van der Waals surface area contributed by atoms with Crippen molar-refractivity contribution in [1.82, 2.24) is 15.1 Å². The van der Waals surface area contributed by atoms with Gasteiger partial charge in [0.25, 0.3) is 11.8 Å². The van der Waals surface area contributed by atoms with E-state index in [2.05, 4.69) is 29.6 Å². The molecule has 4 amide bonds. The summed E-state index contributed by atoms with van der Waals surface area (Å²) < 4.78 is 17.5. The first kappa shape index (κ1) is 43.9. The number of ether oxygens (including phenoxy) is 3. The number of benzene rings is 3. The SMILES string of the molecule is COc1cc(C(=O)N(C)c2ccc(C)cc2OCCCCNC(=O)N2CCC(N(C)C)CC2)ccc1NC(=O)c1ccccc1OCCCN.Cl.Cl. The summed E-state index contributed by atoms with van der Waals surface area (Å²) >= 11 is 0. The van der Waals surface area contributed by atoms with Gasteiger partial charge in [-0.15, -0.1) is 24.8 Å². The van der Waals surface area contributed by atoms with E-state index in [4.69, 9.17) is 19.9 Å². The Morgan fingerprint density at radius 2 is 1.56 bits per heavy atom. The van der Waals surface area contributed by atoms with Crippen molar-refractivity contribution in [2.45, 2.75) is 45.1 Å². The van der Waals surface area contributed by atoms with Gasteiger partial charge in [-0.3, -0.25) is 9.59 Å². The van der Waals surface area contributed by atoms with E-state index in [0.717, 1.165) is 44.3 Å². The Morgan fingerprint density at radius 1 is 0.865 bits per heavy atom.